The molecule has 0 unspecified atom stereocenters. The summed E-state index contributed by atoms with van der Waals surface area (Å²) >= 11 is 0. The van der Waals surface area contributed by atoms with Crippen LogP contribution < -0.4 is 0 Å². The van der Waals surface area contributed by atoms with E-state index in [-0.39, 0.29) is 0 Å². The Kier molecular flexibility index (Phi) is 4.26. The number of carbonyl (C=O) groups excluding carboxylic acids is 1. The summed E-state index contributed by atoms with van der Waals surface area (Å²) < 4.78 is 0. The largest absolute Gasteiger partial charge is 0.351 e. The molecule has 0 fully saturated rings. The van der Waals surface area contributed by atoms with Crippen LogP contribution in [0, 0.1) is 5.41 Å². The van der Waals surface area contributed by atoms with Crippen molar-refractivity contribution in [3.05, 3.63) is 42.0 Å². The van der Waals surface area contributed by atoms with E-state index in [1.165, 1.54) is 0 Å². The number of allylic oxidation sites excluding steroid dienone is 1. The van der Waals surface area contributed by atoms with Crippen LogP contribution in [0.5, 0.6) is 0 Å². The van der Waals surface area contributed by atoms with Gasteiger partial charge in [0.05, 0.1) is 5.41 Å². The van der Waals surface area contributed by atoms with Crippen molar-refractivity contribution in [1.29, 1.82) is 0 Å². The van der Waals surface area contributed by atoms with Crippen molar-refractivity contribution in [3.63, 3.8) is 0 Å². The minimum atomic E-state index is -0.771. The molecule has 0 aliphatic carbocycles. The normalized spacial score (nSPS) is 11.7. The van der Waals surface area contributed by atoms with Gasteiger partial charge in [0.25, 0.3) is 0 Å². The first-order valence-electron chi connectivity index (χ1n) is 5.12. The van der Waals surface area contributed by atoms with Gasteiger partial charge in [0, 0.05) is 5.26 Å². The maximum Gasteiger partial charge on any atom is 0.351 e. The average Bonchev–Trinajstić information content (AvgIpc) is 2.29. The Morgan fingerprint density at radius 2 is 1.94 bits per heavy atom. The lowest BCUT2D eigenvalue weighted by molar-refractivity contribution is -0.286. The number of hydrogen-bond acceptors (Lipinski definition) is 2. The highest BCUT2D eigenvalue weighted by Crippen LogP contribution is 2.23. The molecule has 0 saturated heterocycles. The molecule has 16 heavy (non-hydrogen) atoms. The number of rotatable bonds is 4. The third kappa shape index (κ3) is 3.51. The van der Waals surface area contributed by atoms with Crippen molar-refractivity contribution < 1.29 is 14.9 Å². The number of benzene rings is 1. The lowest BCUT2D eigenvalue weighted by Gasteiger charge is -2.16. The minimum Gasteiger partial charge on any atom is -0.265 e. The maximum absolute atomic E-state index is 11.1. The molecule has 1 radical (unpaired) electrons. The van der Waals surface area contributed by atoms with E-state index in [1.54, 1.807) is 13.8 Å². The Bertz CT molecular complexity index is 366. The van der Waals surface area contributed by atoms with Crippen molar-refractivity contribution in [1.82, 2.24) is 0 Å². The van der Waals surface area contributed by atoms with Crippen LogP contribution in [0.25, 0.3) is 6.08 Å². The van der Waals surface area contributed by atoms with Crippen molar-refractivity contribution in [2.24, 2.45) is 5.41 Å². The van der Waals surface area contributed by atoms with Gasteiger partial charge in [-0.2, -0.15) is 0 Å². The van der Waals surface area contributed by atoms with Gasteiger partial charge >= 0.3 is 5.97 Å². The first-order chi connectivity index (χ1) is 7.56. The predicted octanol–water partition coefficient (Wildman–Crippen LogP) is 3.00. The van der Waals surface area contributed by atoms with Crippen molar-refractivity contribution >= 4 is 12.0 Å². The Morgan fingerprint density at radius 3 is 2.50 bits per heavy atom. The van der Waals surface area contributed by atoms with Gasteiger partial charge in [-0.3, -0.25) is 4.89 Å². The van der Waals surface area contributed by atoms with Crippen LogP contribution in [0.1, 0.15) is 25.8 Å². The van der Waals surface area contributed by atoms with Crippen molar-refractivity contribution in [2.45, 2.75) is 20.3 Å². The molecule has 85 valence electrons. The SMILES string of the molecule is CC(C)(C/C=C/c1ccccc1)C(=O)O[O]. The zero-order valence-corrected chi connectivity index (χ0v) is 9.47. The van der Waals surface area contributed by atoms with Crippen LogP contribution in [-0.4, -0.2) is 5.97 Å². The topological polar surface area (TPSA) is 46.2 Å². The summed E-state index contributed by atoms with van der Waals surface area (Å²) in [4.78, 5) is 14.6. The molecule has 1 aromatic rings. The fourth-order valence-corrected chi connectivity index (χ4v) is 1.25. The van der Waals surface area contributed by atoms with Crippen LogP contribution in [-0.2, 0) is 14.9 Å². The molecule has 0 bridgehead atoms. The molecule has 0 spiro atoms. The second kappa shape index (κ2) is 5.47. The summed E-state index contributed by atoms with van der Waals surface area (Å²) in [5.41, 5.74) is 0.293. The van der Waals surface area contributed by atoms with Gasteiger partial charge in [-0.05, 0) is 25.8 Å². The molecule has 0 saturated carbocycles. The lowest BCUT2D eigenvalue weighted by atomic mass is 9.89. The summed E-state index contributed by atoms with van der Waals surface area (Å²) in [7, 11) is 0. The van der Waals surface area contributed by atoms with Crippen LogP contribution in [0.4, 0.5) is 0 Å². The predicted molar refractivity (Wildman–Crippen MR) is 60.7 cm³/mol. The molecule has 3 heteroatoms. The van der Waals surface area contributed by atoms with E-state index in [1.807, 2.05) is 42.5 Å². The third-order valence-electron chi connectivity index (χ3n) is 2.37. The molecule has 0 heterocycles. The molecular formula is C13H15O3. The fraction of sp³-hybridized carbons (Fsp3) is 0.308. The standard InChI is InChI=1S/C13H15O3/c1-13(2,12(14)16-15)10-6-9-11-7-4-3-5-8-11/h3-9H,10H2,1-2H3/b9-6+. The monoisotopic (exact) mass is 219 g/mol. The quantitative estimate of drug-likeness (QED) is 0.577. The molecular weight excluding hydrogens is 204 g/mol. The molecule has 1 aromatic carbocycles. The molecule has 0 atom stereocenters. The number of carbonyl (C=O) groups is 1. The Labute approximate surface area is 95.3 Å². The molecule has 0 aliphatic heterocycles. The molecule has 0 aromatic heterocycles. The summed E-state index contributed by atoms with van der Waals surface area (Å²) in [6.45, 7) is 3.37. The Hall–Kier alpha value is -1.61. The summed E-state index contributed by atoms with van der Waals surface area (Å²) in [6.07, 6.45) is 4.26. The average molecular weight is 219 g/mol. The maximum atomic E-state index is 11.1. The number of hydrogen-bond donors (Lipinski definition) is 0. The molecule has 0 aliphatic rings. The molecule has 0 amide bonds. The van der Waals surface area contributed by atoms with Gasteiger partial charge in [-0.1, -0.05) is 42.5 Å². The van der Waals surface area contributed by atoms with E-state index < -0.39 is 11.4 Å². The molecule has 3 nitrogen and oxygen atoms in total. The summed E-state index contributed by atoms with van der Waals surface area (Å²) in [5, 5.41) is 10.0. The van der Waals surface area contributed by atoms with Crippen LogP contribution in [0.3, 0.4) is 0 Å². The summed E-state index contributed by atoms with van der Waals surface area (Å²) in [6, 6.07) is 9.76. The molecule has 0 N–H and O–H groups in total. The van der Waals surface area contributed by atoms with Crippen molar-refractivity contribution in [3.8, 4) is 0 Å². The Morgan fingerprint density at radius 1 is 1.31 bits per heavy atom. The summed E-state index contributed by atoms with van der Waals surface area (Å²) in [5.74, 6) is -0.731. The van der Waals surface area contributed by atoms with Crippen LogP contribution in [0.2, 0.25) is 0 Å². The van der Waals surface area contributed by atoms with Gasteiger partial charge in [0.15, 0.2) is 0 Å². The van der Waals surface area contributed by atoms with Crippen LogP contribution >= 0.6 is 0 Å². The first-order valence-corrected chi connectivity index (χ1v) is 5.12. The van der Waals surface area contributed by atoms with Crippen LogP contribution in [0.15, 0.2) is 36.4 Å². The highest BCUT2D eigenvalue weighted by Gasteiger charge is 2.28. The lowest BCUT2D eigenvalue weighted by Crippen LogP contribution is -2.24. The Balaban J connectivity index is 2.58. The third-order valence-corrected chi connectivity index (χ3v) is 2.37. The fourth-order valence-electron chi connectivity index (χ4n) is 1.25. The smallest absolute Gasteiger partial charge is 0.265 e. The second-order valence-corrected chi connectivity index (χ2v) is 4.27. The first kappa shape index (κ1) is 12.5. The molecule has 1 rings (SSSR count). The van der Waals surface area contributed by atoms with Gasteiger partial charge in [-0.25, -0.2) is 4.79 Å². The highest BCUT2D eigenvalue weighted by molar-refractivity contribution is 5.75. The second-order valence-electron chi connectivity index (χ2n) is 4.27. The van der Waals surface area contributed by atoms with E-state index in [2.05, 4.69) is 4.89 Å². The van der Waals surface area contributed by atoms with E-state index in [4.69, 9.17) is 0 Å². The van der Waals surface area contributed by atoms with Crippen molar-refractivity contribution in [2.75, 3.05) is 0 Å². The van der Waals surface area contributed by atoms with E-state index >= 15 is 0 Å². The van der Waals surface area contributed by atoms with Gasteiger partial charge < -0.3 is 0 Å². The van der Waals surface area contributed by atoms with E-state index in [0.717, 1.165) is 5.56 Å². The highest BCUT2D eigenvalue weighted by atomic mass is 17.1. The zero-order valence-electron chi connectivity index (χ0n) is 9.47. The van der Waals surface area contributed by atoms with Gasteiger partial charge in [0.2, 0.25) is 0 Å². The van der Waals surface area contributed by atoms with Gasteiger partial charge in [-0.15, -0.1) is 0 Å². The van der Waals surface area contributed by atoms with E-state index in [9.17, 15) is 10.1 Å². The van der Waals surface area contributed by atoms with Gasteiger partial charge in [0.1, 0.15) is 0 Å². The minimum absolute atomic E-state index is 0.475. The van der Waals surface area contributed by atoms with E-state index in [0.29, 0.717) is 6.42 Å². The zero-order chi connectivity index (χ0) is 12.0.